The normalized spacial score (nSPS) is 19.2. The minimum Gasteiger partial charge on any atom is -0.444 e. The Hall–Kier alpha value is -3.26. The van der Waals surface area contributed by atoms with Crippen LogP contribution in [-0.4, -0.2) is 48.6 Å². The van der Waals surface area contributed by atoms with E-state index in [1.165, 1.54) is 24.3 Å². The second kappa shape index (κ2) is 9.91. The van der Waals surface area contributed by atoms with Crippen molar-refractivity contribution in [3.05, 3.63) is 77.7 Å². The molecule has 32 heavy (non-hydrogen) atoms. The maximum absolute atomic E-state index is 13.3. The highest BCUT2D eigenvalue weighted by Gasteiger charge is 2.28. The van der Waals surface area contributed by atoms with Crippen LogP contribution in [0.25, 0.3) is 11.5 Å². The zero-order chi connectivity index (χ0) is 22.5. The molecule has 2 atom stereocenters. The van der Waals surface area contributed by atoms with Crippen LogP contribution in [0.4, 0.5) is 8.78 Å². The number of hydrogen-bond donors (Lipinski definition) is 1. The Morgan fingerprint density at radius 1 is 1.09 bits per heavy atom. The quantitative estimate of drug-likeness (QED) is 0.476. The molecule has 0 radical (unpaired) electrons. The molecule has 0 saturated carbocycles. The lowest BCUT2D eigenvalue weighted by Crippen LogP contribution is -2.51. The number of oxazole rings is 1. The lowest BCUT2D eigenvalue weighted by atomic mass is 10.1. The average Bonchev–Trinajstić information content (AvgIpc) is 3.26. The van der Waals surface area contributed by atoms with Gasteiger partial charge in [0.1, 0.15) is 24.0 Å². The summed E-state index contributed by atoms with van der Waals surface area (Å²) < 4.78 is 38.0. The fraction of sp³-hybridized carbons (Fsp3) is 0.333. The van der Waals surface area contributed by atoms with Crippen LogP contribution in [-0.2, 0) is 11.2 Å². The number of ether oxygens (including phenoxy) is 1. The first-order chi connectivity index (χ1) is 15.5. The summed E-state index contributed by atoms with van der Waals surface area (Å²) in [6, 6.07) is 12.5. The highest BCUT2D eigenvalue weighted by atomic mass is 19.1. The van der Waals surface area contributed by atoms with Crippen molar-refractivity contribution in [2.75, 3.05) is 26.7 Å². The molecule has 2 unspecified atom stereocenters. The zero-order valence-corrected chi connectivity index (χ0v) is 18.1. The van der Waals surface area contributed by atoms with Crippen LogP contribution >= 0.6 is 0 Å². The van der Waals surface area contributed by atoms with Crippen LogP contribution in [0.1, 0.15) is 24.3 Å². The Bertz CT molecular complexity index is 1050. The van der Waals surface area contributed by atoms with Crippen LogP contribution in [0.3, 0.4) is 0 Å². The molecule has 0 bridgehead atoms. The number of halogens is 2. The van der Waals surface area contributed by atoms with Gasteiger partial charge in [0, 0.05) is 32.1 Å². The van der Waals surface area contributed by atoms with Crippen LogP contribution in [0.15, 0.2) is 64.2 Å². The second-order valence-corrected chi connectivity index (χ2v) is 7.77. The minimum absolute atomic E-state index is 0.00570. The van der Waals surface area contributed by atoms with Crippen molar-refractivity contribution in [1.29, 1.82) is 0 Å². The van der Waals surface area contributed by atoms with E-state index < -0.39 is 0 Å². The average molecular weight is 440 g/mol. The molecule has 1 saturated heterocycles. The van der Waals surface area contributed by atoms with Gasteiger partial charge < -0.3 is 19.4 Å². The number of hydrogen-bond acceptors (Lipinski definition) is 4. The summed E-state index contributed by atoms with van der Waals surface area (Å²) in [7, 11) is 1.75. The molecule has 8 heteroatoms. The number of rotatable bonds is 5. The molecule has 1 aliphatic rings. The summed E-state index contributed by atoms with van der Waals surface area (Å²) in [5.74, 6) is 0.681. The van der Waals surface area contributed by atoms with Crippen molar-refractivity contribution in [1.82, 2.24) is 15.2 Å². The number of guanidine groups is 1. The van der Waals surface area contributed by atoms with Crippen LogP contribution < -0.4 is 5.32 Å². The van der Waals surface area contributed by atoms with E-state index in [0.29, 0.717) is 31.9 Å². The Morgan fingerprint density at radius 2 is 1.78 bits per heavy atom. The third kappa shape index (κ3) is 5.31. The van der Waals surface area contributed by atoms with E-state index >= 15 is 0 Å². The van der Waals surface area contributed by atoms with Crippen LogP contribution in [0.5, 0.6) is 0 Å². The SMILES string of the molecule is CN=C(NCCc1coc(-c2ccc(F)cc2)n1)N1CC(C)OC(c2ccc(F)cc2)C1. The topological polar surface area (TPSA) is 62.9 Å². The molecule has 1 aliphatic heterocycles. The third-order valence-electron chi connectivity index (χ3n) is 5.32. The Morgan fingerprint density at radius 3 is 2.47 bits per heavy atom. The summed E-state index contributed by atoms with van der Waals surface area (Å²) in [4.78, 5) is 11.0. The molecule has 1 N–H and O–H groups in total. The molecular weight excluding hydrogens is 414 g/mol. The molecule has 4 rings (SSSR count). The van der Waals surface area contributed by atoms with E-state index in [0.717, 1.165) is 22.8 Å². The van der Waals surface area contributed by atoms with Gasteiger partial charge in [-0.2, -0.15) is 0 Å². The number of morpholine rings is 1. The summed E-state index contributed by atoms with van der Waals surface area (Å²) in [6.45, 7) is 3.96. The van der Waals surface area contributed by atoms with Crippen molar-refractivity contribution in [3.8, 4) is 11.5 Å². The molecule has 2 aromatic carbocycles. The molecule has 168 valence electrons. The van der Waals surface area contributed by atoms with Gasteiger partial charge in [0.15, 0.2) is 5.96 Å². The van der Waals surface area contributed by atoms with Gasteiger partial charge >= 0.3 is 0 Å². The molecule has 1 fully saturated rings. The number of nitrogens with one attached hydrogen (secondary N) is 1. The maximum atomic E-state index is 13.3. The monoisotopic (exact) mass is 440 g/mol. The largest absolute Gasteiger partial charge is 0.444 e. The van der Waals surface area contributed by atoms with Crippen LogP contribution in [0, 0.1) is 11.6 Å². The molecule has 0 aliphatic carbocycles. The molecular formula is C24H26F2N4O2. The van der Waals surface area contributed by atoms with E-state index in [1.807, 2.05) is 6.92 Å². The molecule has 6 nitrogen and oxygen atoms in total. The van der Waals surface area contributed by atoms with Gasteiger partial charge in [0.05, 0.1) is 18.3 Å². The first-order valence-electron chi connectivity index (χ1n) is 10.6. The van der Waals surface area contributed by atoms with Gasteiger partial charge in [-0.1, -0.05) is 12.1 Å². The predicted octanol–water partition coefficient (Wildman–Crippen LogP) is 4.20. The summed E-state index contributed by atoms with van der Waals surface area (Å²) in [5, 5.41) is 3.37. The number of aromatic nitrogens is 1. The summed E-state index contributed by atoms with van der Waals surface area (Å²) >= 11 is 0. The lowest BCUT2D eigenvalue weighted by molar-refractivity contribution is -0.0604. The van der Waals surface area contributed by atoms with E-state index in [4.69, 9.17) is 9.15 Å². The molecule has 2 heterocycles. The Kier molecular flexibility index (Phi) is 6.80. The lowest BCUT2D eigenvalue weighted by Gasteiger charge is -2.38. The van der Waals surface area contributed by atoms with E-state index in [1.54, 1.807) is 37.6 Å². The van der Waals surface area contributed by atoms with Gasteiger partial charge in [0.25, 0.3) is 0 Å². The fourth-order valence-electron chi connectivity index (χ4n) is 3.77. The summed E-state index contributed by atoms with van der Waals surface area (Å²) in [6.07, 6.45) is 2.10. The first kappa shape index (κ1) is 22.0. The van der Waals surface area contributed by atoms with Gasteiger partial charge in [-0.25, -0.2) is 13.8 Å². The van der Waals surface area contributed by atoms with Crippen molar-refractivity contribution >= 4 is 5.96 Å². The molecule has 3 aromatic rings. The van der Waals surface area contributed by atoms with Gasteiger partial charge in [0.2, 0.25) is 5.89 Å². The van der Waals surface area contributed by atoms with Gasteiger partial charge in [-0.15, -0.1) is 0 Å². The van der Waals surface area contributed by atoms with E-state index in [-0.39, 0.29) is 23.8 Å². The number of aliphatic imine (C=N–C) groups is 1. The van der Waals surface area contributed by atoms with E-state index in [9.17, 15) is 8.78 Å². The first-order valence-corrected chi connectivity index (χ1v) is 10.6. The van der Waals surface area contributed by atoms with E-state index in [2.05, 4.69) is 20.2 Å². The van der Waals surface area contributed by atoms with Gasteiger partial charge in [-0.05, 0) is 48.9 Å². The highest BCUT2D eigenvalue weighted by Crippen LogP contribution is 2.25. The standard InChI is InChI=1S/C24H26F2N4O2/c1-16-13-30(14-22(32-16)17-3-7-19(25)8-4-17)24(27-2)28-12-11-21-15-31-23(29-21)18-5-9-20(26)10-6-18/h3-10,15-16,22H,11-14H2,1-2H3,(H,27,28). The van der Waals surface area contributed by atoms with Gasteiger partial charge in [-0.3, -0.25) is 4.99 Å². The molecule has 0 amide bonds. The van der Waals surface area contributed by atoms with Crippen LogP contribution in [0.2, 0.25) is 0 Å². The maximum Gasteiger partial charge on any atom is 0.226 e. The Labute approximate surface area is 185 Å². The minimum atomic E-state index is -0.296. The number of nitrogens with zero attached hydrogens (tertiary/aromatic N) is 3. The summed E-state index contributed by atoms with van der Waals surface area (Å²) in [5.41, 5.74) is 2.47. The van der Waals surface area contributed by atoms with Crippen molar-refractivity contribution in [2.24, 2.45) is 4.99 Å². The second-order valence-electron chi connectivity index (χ2n) is 7.77. The molecule has 0 spiro atoms. The van der Waals surface area contributed by atoms with Crippen molar-refractivity contribution in [3.63, 3.8) is 0 Å². The Balaban J connectivity index is 1.34. The zero-order valence-electron chi connectivity index (χ0n) is 18.1. The third-order valence-corrected chi connectivity index (χ3v) is 5.32. The smallest absolute Gasteiger partial charge is 0.226 e. The van der Waals surface area contributed by atoms with Crippen molar-refractivity contribution in [2.45, 2.75) is 25.6 Å². The predicted molar refractivity (Wildman–Crippen MR) is 118 cm³/mol. The van der Waals surface area contributed by atoms with Crippen molar-refractivity contribution < 1.29 is 17.9 Å². The fourth-order valence-corrected chi connectivity index (χ4v) is 3.77. The highest BCUT2D eigenvalue weighted by molar-refractivity contribution is 5.80. The number of benzene rings is 2. The molecule has 1 aromatic heterocycles.